The molecule has 0 saturated heterocycles. The van der Waals surface area contributed by atoms with Crippen molar-refractivity contribution in [3.63, 3.8) is 0 Å². The maximum atomic E-state index is 13.0. The van der Waals surface area contributed by atoms with Crippen LogP contribution in [0.25, 0.3) is 0 Å². The van der Waals surface area contributed by atoms with Crippen molar-refractivity contribution in [3.8, 4) is 0 Å². The number of hydrogen-bond donors (Lipinski definition) is 3. The maximum absolute atomic E-state index is 13.0. The van der Waals surface area contributed by atoms with E-state index in [9.17, 15) is 19.4 Å². The van der Waals surface area contributed by atoms with Crippen molar-refractivity contribution in [1.82, 2.24) is 5.32 Å². The van der Waals surface area contributed by atoms with E-state index in [-0.39, 0.29) is 19.1 Å². The number of carbonyl (C=O) groups is 1. The van der Waals surface area contributed by atoms with Crippen LogP contribution in [0, 0.1) is 0 Å². The van der Waals surface area contributed by atoms with E-state index in [1.165, 1.54) is 173 Å². The summed E-state index contributed by atoms with van der Waals surface area (Å²) in [6, 6.07) is -0.863. The average Bonchev–Trinajstić information content (AvgIpc) is 3.32. The van der Waals surface area contributed by atoms with Crippen LogP contribution in [0.1, 0.15) is 258 Å². The summed E-state index contributed by atoms with van der Waals surface area (Å²) < 4.78 is 23.6. The van der Waals surface area contributed by atoms with Gasteiger partial charge in [0.2, 0.25) is 5.91 Å². The van der Waals surface area contributed by atoms with Crippen molar-refractivity contribution >= 4 is 13.7 Å². The van der Waals surface area contributed by atoms with Crippen LogP contribution >= 0.6 is 7.82 Å². The van der Waals surface area contributed by atoms with Gasteiger partial charge in [0.15, 0.2) is 0 Å². The molecule has 0 aliphatic carbocycles. The third-order valence-electron chi connectivity index (χ3n) is 12.9. The van der Waals surface area contributed by atoms with E-state index < -0.39 is 20.0 Å². The summed E-state index contributed by atoms with van der Waals surface area (Å²) in [6.45, 7) is 4.68. The van der Waals surface area contributed by atoms with Gasteiger partial charge < -0.3 is 19.8 Å². The number of unbranched alkanes of at least 4 members (excludes halogenated alkanes) is 30. The molecular weight excluding hydrogens is 888 g/mol. The topological polar surface area (TPSA) is 105 Å². The predicted molar refractivity (Wildman–Crippen MR) is 304 cm³/mol. The molecule has 3 unspecified atom stereocenters. The quantitative estimate of drug-likeness (QED) is 0.0243. The van der Waals surface area contributed by atoms with Gasteiger partial charge in [-0.1, -0.05) is 254 Å². The average molecular weight is 1000 g/mol. The van der Waals surface area contributed by atoms with E-state index >= 15 is 0 Å². The molecule has 0 aliphatic heterocycles. The molecule has 3 N–H and O–H groups in total. The summed E-state index contributed by atoms with van der Waals surface area (Å²) in [5, 5.41) is 13.9. The number of aliphatic hydroxyl groups is 1. The molecule has 0 aromatic heterocycles. The Hall–Kier alpha value is -2.06. The van der Waals surface area contributed by atoms with Gasteiger partial charge in [0.25, 0.3) is 0 Å². The first-order valence-corrected chi connectivity index (χ1v) is 30.8. The molecule has 0 fully saturated rings. The van der Waals surface area contributed by atoms with E-state index in [1.807, 2.05) is 27.2 Å². The molecule has 0 aromatic rings. The molecule has 0 rings (SSSR count). The van der Waals surface area contributed by atoms with Crippen molar-refractivity contribution in [2.75, 3.05) is 40.9 Å². The number of rotatable bonds is 53. The van der Waals surface area contributed by atoms with Crippen LogP contribution in [0.5, 0.6) is 0 Å². The third kappa shape index (κ3) is 53.7. The summed E-state index contributed by atoms with van der Waals surface area (Å²) in [4.78, 5) is 23.2. The first-order chi connectivity index (χ1) is 34.0. The van der Waals surface area contributed by atoms with Gasteiger partial charge >= 0.3 is 7.82 Å². The van der Waals surface area contributed by atoms with Crippen molar-refractivity contribution in [2.24, 2.45) is 0 Å². The number of likely N-dealkylation sites (N-methyl/N-ethyl adjacent to an activating group) is 1. The number of hydrogen-bond acceptors (Lipinski definition) is 5. The number of allylic oxidation sites excluding steroid dienone is 11. The minimum Gasteiger partial charge on any atom is -0.387 e. The molecule has 0 radical (unpaired) electrons. The first kappa shape index (κ1) is 67.9. The summed E-state index contributed by atoms with van der Waals surface area (Å²) in [5.41, 5.74) is 0. The number of aliphatic hydroxyl groups excluding tert-OH is 1. The van der Waals surface area contributed by atoms with Crippen molar-refractivity contribution in [1.29, 1.82) is 0 Å². The van der Waals surface area contributed by atoms with Gasteiger partial charge in [-0.2, -0.15) is 0 Å². The lowest BCUT2D eigenvalue weighted by Gasteiger charge is -2.25. The fraction of sp³-hybridized carbons (Fsp3) is 0.787. The lowest BCUT2D eigenvalue weighted by atomic mass is 10.0. The Bertz CT molecular complexity index is 1370. The van der Waals surface area contributed by atoms with E-state index in [0.29, 0.717) is 17.4 Å². The van der Waals surface area contributed by atoms with Crippen LogP contribution < -0.4 is 5.32 Å². The normalized spacial score (nSPS) is 14.4. The number of amides is 1. The van der Waals surface area contributed by atoms with Gasteiger partial charge in [0.05, 0.1) is 39.9 Å². The minimum absolute atomic E-state index is 0.0557. The number of phosphoric ester groups is 1. The van der Waals surface area contributed by atoms with Crippen LogP contribution in [0.4, 0.5) is 0 Å². The fourth-order valence-electron chi connectivity index (χ4n) is 8.34. The van der Waals surface area contributed by atoms with Crippen molar-refractivity contribution < 1.29 is 32.9 Å². The minimum atomic E-state index is -4.35. The molecule has 0 aromatic carbocycles. The molecule has 0 heterocycles. The molecule has 0 bridgehead atoms. The van der Waals surface area contributed by atoms with E-state index in [1.54, 1.807) is 6.08 Å². The lowest BCUT2D eigenvalue weighted by Crippen LogP contribution is -2.45. The number of carbonyl (C=O) groups excluding carboxylic acids is 1. The second kappa shape index (κ2) is 51.8. The zero-order valence-electron chi connectivity index (χ0n) is 46.5. The molecule has 0 saturated carbocycles. The first-order valence-electron chi connectivity index (χ1n) is 29.3. The SMILES string of the molecule is CC/C=C\C/C=C\C/C=C\C/C=C\CCCCCCCCCCCCCCCCCCCCCCCCC(=O)NC(COP(=O)(O)OCC[N+](C)(C)C)C(O)/C=C/CC/C=C/CCCCCCCCC. The summed E-state index contributed by atoms with van der Waals surface area (Å²) in [7, 11) is 1.56. The Morgan fingerprint density at radius 1 is 0.500 bits per heavy atom. The molecule has 408 valence electrons. The monoisotopic (exact) mass is 1000 g/mol. The molecule has 8 nitrogen and oxygen atoms in total. The summed E-state index contributed by atoms with van der Waals surface area (Å²) >= 11 is 0. The highest BCUT2D eigenvalue weighted by molar-refractivity contribution is 7.47. The highest BCUT2D eigenvalue weighted by Crippen LogP contribution is 2.43. The largest absolute Gasteiger partial charge is 0.472 e. The predicted octanol–water partition coefficient (Wildman–Crippen LogP) is 17.9. The Morgan fingerprint density at radius 2 is 0.871 bits per heavy atom. The Kier molecular flexibility index (Phi) is 50.3. The van der Waals surface area contributed by atoms with E-state index in [2.05, 4.69) is 79.9 Å². The van der Waals surface area contributed by atoms with Crippen LogP contribution in [0.15, 0.2) is 72.9 Å². The Balaban J connectivity index is 3.99. The number of nitrogens with zero attached hydrogens (tertiary/aromatic N) is 1. The second-order valence-corrected chi connectivity index (χ2v) is 22.4. The zero-order chi connectivity index (χ0) is 51.3. The fourth-order valence-corrected chi connectivity index (χ4v) is 9.08. The second-order valence-electron chi connectivity index (χ2n) is 21.0. The number of phosphoric acid groups is 1. The summed E-state index contributed by atoms with van der Waals surface area (Å²) in [6.07, 6.45) is 71.7. The molecule has 3 atom stereocenters. The third-order valence-corrected chi connectivity index (χ3v) is 13.9. The van der Waals surface area contributed by atoms with Gasteiger partial charge in [0, 0.05) is 6.42 Å². The van der Waals surface area contributed by atoms with Crippen LogP contribution in [0.3, 0.4) is 0 Å². The Morgan fingerprint density at radius 3 is 1.31 bits per heavy atom. The van der Waals surface area contributed by atoms with Crippen LogP contribution in [0.2, 0.25) is 0 Å². The summed E-state index contributed by atoms with van der Waals surface area (Å²) in [5.74, 6) is -0.186. The van der Waals surface area contributed by atoms with Gasteiger partial charge in [-0.05, 0) is 70.6 Å². The zero-order valence-corrected chi connectivity index (χ0v) is 47.4. The smallest absolute Gasteiger partial charge is 0.387 e. The van der Waals surface area contributed by atoms with Crippen LogP contribution in [-0.4, -0.2) is 73.4 Å². The van der Waals surface area contributed by atoms with Crippen molar-refractivity contribution in [3.05, 3.63) is 72.9 Å². The molecule has 0 spiro atoms. The van der Waals surface area contributed by atoms with E-state index in [4.69, 9.17) is 9.05 Å². The lowest BCUT2D eigenvalue weighted by molar-refractivity contribution is -0.870. The molecule has 1 amide bonds. The Labute approximate surface area is 434 Å². The van der Waals surface area contributed by atoms with Crippen LogP contribution in [-0.2, 0) is 18.4 Å². The highest BCUT2D eigenvalue weighted by Gasteiger charge is 2.27. The van der Waals surface area contributed by atoms with Gasteiger partial charge in [-0.3, -0.25) is 13.8 Å². The number of nitrogens with one attached hydrogen (secondary N) is 1. The molecular formula is C61H114N2O6P+. The van der Waals surface area contributed by atoms with Gasteiger partial charge in [0.1, 0.15) is 13.2 Å². The van der Waals surface area contributed by atoms with Gasteiger partial charge in [-0.15, -0.1) is 0 Å². The number of quaternary nitrogens is 1. The standard InChI is InChI=1S/C61H113N2O6P/c1-6-8-10-12-14-16-18-20-21-22-23-24-25-26-27-28-29-30-31-32-33-34-35-36-37-38-39-40-41-43-45-47-49-51-53-55-61(65)62-59(58-69-70(66,67)68-57-56-63(3,4)5)60(64)54-52-50-48-46-44-42-19-17-15-13-11-9-7-2/h8,10,14,16,20-21,23-24,44,46,52,54,59-60,64H,6-7,9,11-13,15,17-19,22,25-43,45,47-51,53,55-58H2,1-5H3,(H-,62,65,66,67)/p+1/b10-8-,16-14-,21-20-,24-23-,46-44+,54-52+. The maximum Gasteiger partial charge on any atom is 0.472 e. The van der Waals surface area contributed by atoms with Crippen molar-refractivity contribution in [2.45, 2.75) is 270 Å². The van der Waals surface area contributed by atoms with E-state index in [0.717, 1.165) is 64.2 Å². The molecule has 9 heteroatoms. The van der Waals surface area contributed by atoms with Gasteiger partial charge in [-0.25, -0.2) is 4.57 Å². The molecule has 70 heavy (non-hydrogen) atoms. The highest BCUT2D eigenvalue weighted by atomic mass is 31.2. The molecule has 0 aliphatic rings.